The highest BCUT2D eigenvalue weighted by atomic mass is 16.5. The summed E-state index contributed by atoms with van der Waals surface area (Å²) in [7, 11) is 1.30. The molecule has 0 saturated heterocycles. The van der Waals surface area contributed by atoms with Gasteiger partial charge in [-0.3, -0.25) is 4.79 Å². The van der Waals surface area contributed by atoms with Crippen LogP contribution in [0.3, 0.4) is 0 Å². The van der Waals surface area contributed by atoms with Gasteiger partial charge in [0.25, 0.3) is 0 Å². The summed E-state index contributed by atoms with van der Waals surface area (Å²) >= 11 is 0. The van der Waals surface area contributed by atoms with E-state index in [1.54, 1.807) is 6.92 Å². The zero-order valence-electron chi connectivity index (χ0n) is 9.86. The Labute approximate surface area is 95.7 Å². The molecule has 5 nitrogen and oxygen atoms in total. The Morgan fingerprint density at radius 2 is 2.00 bits per heavy atom. The van der Waals surface area contributed by atoms with Gasteiger partial charge in [0.1, 0.15) is 6.04 Å². The van der Waals surface area contributed by atoms with E-state index in [2.05, 4.69) is 10.1 Å². The first-order valence-corrected chi connectivity index (χ1v) is 5.70. The van der Waals surface area contributed by atoms with Crippen molar-refractivity contribution in [3.05, 3.63) is 0 Å². The zero-order chi connectivity index (χ0) is 12.1. The smallest absolute Gasteiger partial charge is 0.328 e. The van der Waals surface area contributed by atoms with Gasteiger partial charge in [-0.1, -0.05) is 12.8 Å². The maximum absolute atomic E-state index is 11.8. The maximum atomic E-state index is 11.8. The van der Waals surface area contributed by atoms with E-state index < -0.39 is 12.0 Å². The number of carbonyl (C=O) groups excluding carboxylic acids is 2. The topological polar surface area (TPSA) is 81.4 Å². The second-order valence-corrected chi connectivity index (χ2v) is 4.31. The number of nitrogens with two attached hydrogens (primary N) is 1. The monoisotopic (exact) mass is 228 g/mol. The van der Waals surface area contributed by atoms with E-state index in [-0.39, 0.29) is 17.9 Å². The highest BCUT2D eigenvalue weighted by molar-refractivity contribution is 5.85. The summed E-state index contributed by atoms with van der Waals surface area (Å²) in [5.41, 5.74) is 5.89. The number of amides is 1. The molecule has 0 aromatic rings. The second kappa shape index (κ2) is 5.84. The number of ether oxygens (including phenoxy) is 1. The molecule has 1 rings (SSSR count). The molecule has 3 unspecified atom stereocenters. The fourth-order valence-electron chi connectivity index (χ4n) is 2.04. The SMILES string of the molecule is COC(=O)C(C)NC(=O)C1CCCCC1N. The summed E-state index contributed by atoms with van der Waals surface area (Å²) in [5.74, 6) is -0.733. The highest BCUT2D eigenvalue weighted by Gasteiger charge is 2.29. The molecule has 0 aliphatic heterocycles. The molecule has 0 spiro atoms. The summed E-state index contributed by atoms with van der Waals surface area (Å²) in [4.78, 5) is 23.0. The van der Waals surface area contributed by atoms with E-state index in [1.807, 2.05) is 0 Å². The van der Waals surface area contributed by atoms with Crippen LogP contribution < -0.4 is 11.1 Å². The van der Waals surface area contributed by atoms with Crippen LogP contribution in [0.4, 0.5) is 0 Å². The molecule has 0 aromatic carbocycles. The van der Waals surface area contributed by atoms with Gasteiger partial charge in [-0.05, 0) is 19.8 Å². The molecule has 1 aliphatic rings. The highest BCUT2D eigenvalue weighted by Crippen LogP contribution is 2.23. The molecule has 1 aliphatic carbocycles. The summed E-state index contributed by atoms with van der Waals surface area (Å²) < 4.78 is 4.54. The molecule has 1 fully saturated rings. The summed E-state index contributed by atoms with van der Waals surface area (Å²) in [6.07, 6.45) is 3.79. The Hall–Kier alpha value is -1.10. The van der Waals surface area contributed by atoms with Gasteiger partial charge in [0.05, 0.1) is 13.0 Å². The fraction of sp³-hybridized carbons (Fsp3) is 0.818. The van der Waals surface area contributed by atoms with Crippen LogP contribution in [0.1, 0.15) is 32.6 Å². The van der Waals surface area contributed by atoms with E-state index in [1.165, 1.54) is 7.11 Å². The molecule has 92 valence electrons. The summed E-state index contributed by atoms with van der Waals surface area (Å²) in [6, 6.07) is -0.690. The van der Waals surface area contributed by atoms with Crippen molar-refractivity contribution >= 4 is 11.9 Å². The first kappa shape index (κ1) is 13.0. The lowest BCUT2D eigenvalue weighted by molar-refractivity contribution is -0.145. The Morgan fingerprint density at radius 3 is 2.56 bits per heavy atom. The zero-order valence-corrected chi connectivity index (χ0v) is 9.86. The summed E-state index contributed by atoms with van der Waals surface area (Å²) in [5, 5.41) is 2.64. The number of hydrogen-bond donors (Lipinski definition) is 2. The van der Waals surface area contributed by atoms with Gasteiger partial charge in [0, 0.05) is 6.04 Å². The van der Waals surface area contributed by atoms with Crippen LogP contribution in [-0.4, -0.2) is 31.1 Å². The minimum atomic E-state index is -0.605. The van der Waals surface area contributed by atoms with Gasteiger partial charge >= 0.3 is 5.97 Å². The van der Waals surface area contributed by atoms with Gasteiger partial charge < -0.3 is 15.8 Å². The Bertz CT molecular complexity index is 268. The third-order valence-corrected chi connectivity index (χ3v) is 3.07. The first-order valence-electron chi connectivity index (χ1n) is 5.70. The quantitative estimate of drug-likeness (QED) is 0.675. The lowest BCUT2D eigenvalue weighted by Gasteiger charge is -2.28. The predicted octanol–water partition coefficient (Wildman–Crippen LogP) is 0.182. The predicted molar refractivity (Wildman–Crippen MR) is 59.6 cm³/mol. The average molecular weight is 228 g/mol. The van der Waals surface area contributed by atoms with Gasteiger partial charge in [-0.25, -0.2) is 4.79 Å². The van der Waals surface area contributed by atoms with Gasteiger partial charge in [-0.2, -0.15) is 0 Å². The lowest BCUT2D eigenvalue weighted by atomic mass is 9.84. The van der Waals surface area contributed by atoms with Gasteiger partial charge in [0.2, 0.25) is 5.91 Å². The lowest BCUT2D eigenvalue weighted by Crippen LogP contribution is -2.48. The van der Waals surface area contributed by atoms with Crippen molar-refractivity contribution in [2.24, 2.45) is 11.7 Å². The van der Waals surface area contributed by atoms with Crippen molar-refractivity contribution < 1.29 is 14.3 Å². The van der Waals surface area contributed by atoms with Crippen LogP contribution in [0, 0.1) is 5.92 Å². The molecule has 1 amide bonds. The van der Waals surface area contributed by atoms with E-state index in [0.29, 0.717) is 0 Å². The molecule has 5 heteroatoms. The van der Waals surface area contributed by atoms with Crippen molar-refractivity contribution in [2.75, 3.05) is 7.11 Å². The largest absolute Gasteiger partial charge is 0.467 e. The Morgan fingerprint density at radius 1 is 1.38 bits per heavy atom. The van der Waals surface area contributed by atoms with Crippen LogP contribution in [-0.2, 0) is 14.3 Å². The summed E-state index contributed by atoms with van der Waals surface area (Å²) in [6.45, 7) is 1.61. The standard InChI is InChI=1S/C11H20N2O3/c1-7(11(15)16-2)13-10(14)8-5-3-4-6-9(8)12/h7-9H,3-6,12H2,1-2H3,(H,13,14). The Kier molecular flexibility index (Phi) is 4.73. The number of rotatable bonds is 3. The molecular formula is C11H20N2O3. The van der Waals surface area contributed by atoms with E-state index in [9.17, 15) is 9.59 Å². The number of carbonyl (C=O) groups is 2. The molecule has 3 N–H and O–H groups in total. The minimum absolute atomic E-state index is 0.0846. The van der Waals surface area contributed by atoms with Crippen LogP contribution in [0.5, 0.6) is 0 Å². The van der Waals surface area contributed by atoms with Crippen molar-refractivity contribution in [2.45, 2.75) is 44.7 Å². The average Bonchev–Trinajstić information content (AvgIpc) is 2.28. The minimum Gasteiger partial charge on any atom is -0.467 e. The van der Waals surface area contributed by atoms with Gasteiger partial charge in [-0.15, -0.1) is 0 Å². The van der Waals surface area contributed by atoms with E-state index in [0.717, 1.165) is 25.7 Å². The van der Waals surface area contributed by atoms with Crippen LogP contribution in [0.2, 0.25) is 0 Å². The molecule has 0 bridgehead atoms. The number of esters is 1. The third-order valence-electron chi connectivity index (χ3n) is 3.07. The van der Waals surface area contributed by atoms with E-state index in [4.69, 9.17) is 5.73 Å². The van der Waals surface area contributed by atoms with Crippen LogP contribution in [0.25, 0.3) is 0 Å². The van der Waals surface area contributed by atoms with Gasteiger partial charge in [0.15, 0.2) is 0 Å². The van der Waals surface area contributed by atoms with Crippen LogP contribution >= 0.6 is 0 Å². The van der Waals surface area contributed by atoms with Crippen molar-refractivity contribution in [3.8, 4) is 0 Å². The third kappa shape index (κ3) is 3.20. The maximum Gasteiger partial charge on any atom is 0.328 e. The molecule has 0 radical (unpaired) electrons. The number of hydrogen-bond acceptors (Lipinski definition) is 4. The van der Waals surface area contributed by atoms with E-state index >= 15 is 0 Å². The van der Waals surface area contributed by atoms with Crippen molar-refractivity contribution in [3.63, 3.8) is 0 Å². The molecular weight excluding hydrogens is 208 g/mol. The molecule has 0 heterocycles. The molecule has 1 saturated carbocycles. The molecule has 16 heavy (non-hydrogen) atoms. The first-order chi connectivity index (χ1) is 7.56. The number of nitrogens with one attached hydrogen (secondary N) is 1. The second-order valence-electron chi connectivity index (χ2n) is 4.31. The number of methoxy groups -OCH3 is 1. The molecule has 0 aromatic heterocycles. The Balaban J connectivity index is 2.47. The van der Waals surface area contributed by atoms with Crippen molar-refractivity contribution in [1.29, 1.82) is 0 Å². The fourth-order valence-corrected chi connectivity index (χ4v) is 2.04. The molecule has 3 atom stereocenters. The van der Waals surface area contributed by atoms with Crippen LogP contribution in [0.15, 0.2) is 0 Å². The van der Waals surface area contributed by atoms with Crippen molar-refractivity contribution in [1.82, 2.24) is 5.32 Å². The normalized spacial score (nSPS) is 26.9.